The molecule has 0 aliphatic heterocycles. The van der Waals surface area contributed by atoms with Crippen LogP contribution in [-0.4, -0.2) is 35.1 Å². The molecule has 174 valence electrons. The Morgan fingerprint density at radius 2 is 1.69 bits per heavy atom. The van der Waals surface area contributed by atoms with E-state index in [4.69, 9.17) is 23.2 Å². The monoisotopic (exact) mass is 494 g/mol. The first kappa shape index (κ1) is 26.6. The van der Waals surface area contributed by atoms with Gasteiger partial charge in [0.25, 0.3) is 0 Å². The Hall–Kier alpha value is -1.69. The number of halogens is 2. The van der Waals surface area contributed by atoms with Crippen LogP contribution in [0.2, 0.25) is 10.0 Å². The maximum absolute atomic E-state index is 13.2. The summed E-state index contributed by atoms with van der Waals surface area (Å²) in [5.74, 6) is 1.11. The van der Waals surface area contributed by atoms with Crippen LogP contribution in [0, 0.1) is 12.8 Å². The lowest BCUT2D eigenvalue weighted by Gasteiger charge is -2.31. The van der Waals surface area contributed by atoms with Crippen LogP contribution >= 0.6 is 35.0 Å². The van der Waals surface area contributed by atoms with Crippen molar-refractivity contribution in [2.75, 3.05) is 12.3 Å². The molecule has 0 saturated carbocycles. The normalized spacial score (nSPS) is 12.0. The summed E-state index contributed by atoms with van der Waals surface area (Å²) in [6.07, 6.45) is 0.555. The predicted molar refractivity (Wildman–Crippen MR) is 136 cm³/mol. The van der Waals surface area contributed by atoms with Crippen molar-refractivity contribution in [3.8, 4) is 0 Å². The summed E-state index contributed by atoms with van der Waals surface area (Å²) < 4.78 is 0. The van der Waals surface area contributed by atoms with Gasteiger partial charge in [-0.05, 0) is 42.5 Å². The van der Waals surface area contributed by atoms with Gasteiger partial charge in [0, 0.05) is 18.8 Å². The predicted octanol–water partition coefficient (Wildman–Crippen LogP) is 6.11. The molecule has 1 atom stereocenters. The molecule has 0 bridgehead atoms. The number of amides is 2. The fraction of sp³-hybridized carbons (Fsp3) is 0.440. The molecular weight excluding hydrogens is 463 g/mol. The van der Waals surface area contributed by atoms with Crippen molar-refractivity contribution in [3.05, 3.63) is 69.2 Å². The zero-order chi connectivity index (χ0) is 23.7. The van der Waals surface area contributed by atoms with Crippen molar-refractivity contribution >= 4 is 46.8 Å². The maximum Gasteiger partial charge on any atom is 0.242 e. The molecule has 0 radical (unpaired) electrons. The van der Waals surface area contributed by atoms with Crippen LogP contribution < -0.4 is 5.32 Å². The molecule has 0 heterocycles. The third-order valence-electron chi connectivity index (χ3n) is 5.02. The van der Waals surface area contributed by atoms with Gasteiger partial charge in [-0.25, -0.2) is 0 Å². The molecule has 7 heteroatoms. The minimum atomic E-state index is -0.506. The van der Waals surface area contributed by atoms with E-state index in [9.17, 15) is 9.59 Å². The first-order valence-electron chi connectivity index (χ1n) is 10.9. The van der Waals surface area contributed by atoms with Gasteiger partial charge >= 0.3 is 0 Å². The standard InChI is InChI=1S/C25H32Cl2N2O2S/c1-5-23(25(31)28-13-17(2)3)29(14-19-8-6-18(4)7-9-19)24(30)16-32-15-20-10-11-21(26)22(27)12-20/h6-12,17,23H,5,13-16H2,1-4H3,(H,28,31)/t23-/m0/s1. The molecule has 1 N–H and O–H groups in total. The van der Waals surface area contributed by atoms with Crippen LogP contribution in [0.15, 0.2) is 42.5 Å². The van der Waals surface area contributed by atoms with Crippen LogP contribution in [0.4, 0.5) is 0 Å². The number of nitrogens with zero attached hydrogens (tertiary/aromatic N) is 1. The Morgan fingerprint density at radius 3 is 2.28 bits per heavy atom. The van der Waals surface area contributed by atoms with Gasteiger partial charge in [-0.1, -0.05) is 79.9 Å². The number of carbonyl (C=O) groups excluding carboxylic acids is 2. The lowest BCUT2D eigenvalue weighted by molar-refractivity contribution is -0.139. The Balaban J connectivity index is 2.11. The first-order chi connectivity index (χ1) is 15.2. The van der Waals surface area contributed by atoms with E-state index in [0.717, 1.165) is 16.7 Å². The number of thioether (sulfide) groups is 1. The van der Waals surface area contributed by atoms with Gasteiger partial charge in [-0.15, -0.1) is 11.8 Å². The molecule has 2 amide bonds. The molecule has 0 aliphatic rings. The van der Waals surface area contributed by atoms with Crippen LogP contribution in [0.3, 0.4) is 0 Å². The highest BCUT2D eigenvalue weighted by atomic mass is 35.5. The van der Waals surface area contributed by atoms with Gasteiger partial charge in [-0.3, -0.25) is 9.59 Å². The molecule has 0 spiro atoms. The number of hydrogen-bond donors (Lipinski definition) is 1. The van der Waals surface area contributed by atoms with E-state index in [2.05, 4.69) is 19.2 Å². The zero-order valence-corrected chi connectivity index (χ0v) is 21.5. The van der Waals surface area contributed by atoms with Crippen molar-refractivity contribution in [1.82, 2.24) is 10.2 Å². The molecule has 32 heavy (non-hydrogen) atoms. The topological polar surface area (TPSA) is 49.4 Å². The second-order valence-corrected chi connectivity index (χ2v) is 10.1. The fourth-order valence-electron chi connectivity index (χ4n) is 3.20. The summed E-state index contributed by atoms with van der Waals surface area (Å²) in [4.78, 5) is 27.9. The lowest BCUT2D eigenvalue weighted by atomic mass is 10.1. The first-order valence-corrected chi connectivity index (χ1v) is 12.8. The Bertz CT molecular complexity index is 903. The van der Waals surface area contributed by atoms with Crippen molar-refractivity contribution in [1.29, 1.82) is 0 Å². The molecule has 2 rings (SSSR count). The molecule has 2 aromatic carbocycles. The SMILES string of the molecule is CC[C@@H](C(=O)NCC(C)C)N(Cc1ccc(C)cc1)C(=O)CSCc1ccc(Cl)c(Cl)c1. The smallest absolute Gasteiger partial charge is 0.242 e. The maximum atomic E-state index is 13.2. The molecule has 0 fully saturated rings. The average molecular weight is 496 g/mol. The largest absolute Gasteiger partial charge is 0.354 e. The summed E-state index contributed by atoms with van der Waals surface area (Å²) >= 11 is 13.6. The van der Waals surface area contributed by atoms with E-state index in [0.29, 0.717) is 41.2 Å². The number of nitrogens with one attached hydrogen (secondary N) is 1. The van der Waals surface area contributed by atoms with E-state index >= 15 is 0 Å². The van der Waals surface area contributed by atoms with E-state index in [1.807, 2.05) is 50.2 Å². The van der Waals surface area contributed by atoms with Crippen LogP contribution in [0.5, 0.6) is 0 Å². The molecule has 0 unspecified atom stereocenters. The molecule has 0 saturated heterocycles. The minimum Gasteiger partial charge on any atom is -0.354 e. The van der Waals surface area contributed by atoms with E-state index in [1.54, 1.807) is 11.0 Å². The average Bonchev–Trinajstić information content (AvgIpc) is 2.75. The highest BCUT2D eigenvalue weighted by Gasteiger charge is 2.28. The second kappa shape index (κ2) is 13.1. The summed E-state index contributed by atoms with van der Waals surface area (Å²) in [5.41, 5.74) is 3.17. The highest BCUT2D eigenvalue weighted by Crippen LogP contribution is 2.25. The second-order valence-electron chi connectivity index (χ2n) is 8.31. The van der Waals surface area contributed by atoms with E-state index in [1.165, 1.54) is 11.8 Å². The van der Waals surface area contributed by atoms with Gasteiger partial charge in [0.15, 0.2) is 0 Å². The molecular formula is C25H32Cl2N2O2S. The van der Waals surface area contributed by atoms with E-state index < -0.39 is 6.04 Å². The van der Waals surface area contributed by atoms with Crippen LogP contribution in [0.25, 0.3) is 0 Å². The summed E-state index contributed by atoms with van der Waals surface area (Å²) in [7, 11) is 0. The quantitative estimate of drug-likeness (QED) is 0.409. The summed E-state index contributed by atoms with van der Waals surface area (Å²) in [6.45, 7) is 9.07. The molecule has 2 aromatic rings. The van der Waals surface area contributed by atoms with Gasteiger partial charge < -0.3 is 10.2 Å². The molecule has 0 aliphatic carbocycles. The Labute approximate surface area is 206 Å². The number of carbonyl (C=O) groups is 2. The van der Waals surface area contributed by atoms with Crippen molar-refractivity contribution in [2.24, 2.45) is 5.92 Å². The number of benzene rings is 2. The zero-order valence-electron chi connectivity index (χ0n) is 19.2. The molecule has 4 nitrogen and oxygen atoms in total. The van der Waals surface area contributed by atoms with E-state index in [-0.39, 0.29) is 17.6 Å². The Kier molecular flexibility index (Phi) is 10.9. The Morgan fingerprint density at radius 1 is 1.03 bits per heavy atom. The summed E-state index contributed by atoms with van der Waals surface area (Å²) in [5, 5.41) is 4.01. The number of rotatable bonds is 11. The number of aryl methyl sites for hydroxylation is 1. The van der Waals surface area contributed by atoms with Crippen LogP contribution in [0.1, 0.15) is 43.9 Å². The van der Waals surface area contributed by atoms with Crippen molar-refractivity contribution in [2.45, 2.75) is 52.5 Å². The van der Waals surface area contributed by atoms with Gasteiger partial charge in [0.1, 0.15) is 6.04 Å². The minimum absolute atomic E-state index is 0.0535. The lowest BCUT2D eigenvalue weighted by Crippen LogP contribution is -2.50. The van der Waals surface area contributed by atoms with Gasteiger partial charge in [-0.2, -0.15) is 0 Å². The van der Waals surface area contributed by atoms with Crippen LogP contribution in [-0.2, 0) is 21.9 Å². The number of hydrogen-bond acceptors (Lipinski definition) is 3. The molecule has 0 aromatic heterocycles. The summed E-state index contributed by atoms with van der Waals surface area (Å²) in [6, 6.07) is 13.1. The highest BCUT2D eigenvalue weighted by molar-refractivity contribution is 7.99. The third-order valence-corrected chi connectivity index (χ3v) is 6.75. The van der Waals surface area contributed by atoms with Crippen molar-refractivity contribution < 1.29 is 9.59 Å². The third kappa shape index (κ3) is 8.34. The van der Waals surface area contributed by atoms with Crippen molar-refractivity contribution in [3.63, 3.8) is 0 Å². The van der Waals surface area contributed by atoms with Gasteiger partial charge in [0.05, 0.1) is 15.8 Å². The fourth-order valence-corrected chi connectivity index (χ4v) is 4.38. The van der Waals surface area contributed by atoms with Gasteiger partial charge in [0.2, 0.25) is 11.8 Å².